The van der Waals surface area contributed by atoms with Crippen LogP contribution in [0.5, 0.6) is 0 Å². The van der Waals surface area contributed by atoms with Crippen molar-refractivity contribution in [2.24, 2.45) is 5.92 Å². The molecule has 1 amide bonds. The molecule has 0 radical (unpaired) electrons. The number of carboxylic acid groups (broad SMARTS) is 1. The molecule has 6 heteroatoms. The average molecular weight is 256 g/mol. The second-order valence-corrected chi connectivity index (χ2v) is 6.03. The van der Waals surface area contributed by atoms with E-state index in [1.54, 1.807) is 11.8 Å². The molecule has 0 aromatic rings. The third-order valence-electron chi connectivity index (χ3n) is 4.12. The maximum atomic E-state index is 12.3. The lowest BCUT2D eigenvalue weighted by Gasteiger charge is -2.25. The molecule has 3 rings (SSSR count). The van der Waals surface area contributed by atoms with E-state index in [9.17, 15) is 9.59 Å². The van der Waals surface area contributed by atoms with Crippen LogP contribution in [0.15, 0.2) is 0 Å². The van der Waals surface area contributed by atoms with Crippen LogP contribution in [-0.4, -0.2) is 51.6 Å². The topological polar surface area (TPSA) is 69.6 Å². The number of fused-ring (bicyclic) bond motifs is 2. The minimum absolute atomic E-state index is 0.0580. The zero-order valence-corrected chi connectivity index (χ0v) is 10.3. The van der Waals surface area contributed by atoms with Crippen molar-refractivity contribution in [2.75, 3.05) is 11.6 Å². The summed E-state index contributed by atoms with van der Waals surface area (Å²) in [6.45, 7) is 0. The molecule has 2 N–H and O–H groups in total. The lowest BCUT2D eigenvalue weighted by Crippen LogP contribution is -2.48. The Morgan fingerprint density at radius 3 is 2.76 bits per heavy atom. The third kappa shape index (κ3) is 1.74. The molecule has 3 aliphatic rings. The van der Waals surface area contributed by atoms with Gasteiger partial charge in [-0.15, -0.1) is 11.8 Å². The molecule has 0 saturated carbocycles. The molecule has 3 fully saturated rings. The lowest BCUT2D eigenvalue weighted by molar-refractivity contribution is -0.143. The first kappa shape index (κ1) is 11.3. The van der Waals surface area contributed by atoms with Gasteiger partial charge in [0, 0.05) is 23.7 Å². The summed E-state index contributed by atoms with van der Waals surface area (Å²) in [7, 11) is 0. The highest BCUT2D eigenvalue weighted by Crippen LogP contribution is 2.42. The van der Waals surface area contributed by atoms with Gasteiger partial charge < -0.3 is 10.0 Å². The van der Waals surface area contributed by atoms with Crippen LogP contribution in [0, 0.1) is 5.92 Å². The first-order valence-electron chi connectivity index (χ1n) is 6.04. The molecule has 3 saturated heterocycles. The highest BCUT2D eigenvalue weighted by Gasteiger charge is 2.52. The van der Waals surface area contributed by atoms with Crippen molar-refractivity contribution < 1.29 is 14.7 Å². The van der Waals surface area contributed by atoms with Crippen molar-refractivity contribution in [3.05, 3.63) is 0 Å². The van der Waals surface area contributed by atoms with Crippen molar-refractivity contribution >= 4 is 23.6 Å². The summed E-state index contributed by atoms with van der Waals surface area (Å²) in [5.41, 5.74) is 0. The van der Waals surface area contributed by atoms with E-state index < -0.39 is 5.97 Å². The zero-order chi connectivity index (χ0) is 12.0. The van der Waals surface area contributed by atoms with E-state index in [2.05, 4.69) is 5.32 Å². The van der Waals surface area contributed by atoms with E-state index in [-0.39, 0.29) is 30.0 Å². The Balaban J connectivity index is 1.76. The SMILES string of the molecule is O=C(O)C1CC2CCC1N2C(=O)C1CSCN1. The van der Waals surface area contributed by atoms with Crippen LogP contribution in [-0.2, 0) is 9.59 Å². The van der Waals surface area contributed by atoms with Gasteiger partial charge >= 0.3 is 5.97 Å². The molecule has 0 aromatic carbocycles. The third-order valence-corrected chi connectivity index (χ3v) is 5.06. The Morgan fingerprint density at radius 1 is 1.35 bits per heavy atom. The van der Waals surface area contributed by atoms with Gasteiger partial charge in [0.05, 0.1) is 12.0 Å². The van der Waals surface area contributed by atoms with Gasteiger partial charge in [0.2, 0.25) is 5.91 Å². The van der Waals surface area contributed by atoms with Gasteiger partial charge in [-0.3, -0.25) is 14.9 Å². The quantitative estimate of drug-likeness (QED) is 0.734. The monoisotopic (exact) mass is 256 g/mol. The van der Waals surface area contributed by atoms with Crippen LogP contribution in [0.25, 0.3) is 0 Å². The first-order valence-corrected chi connectivity index (χ1v) is 7.20. The fraction of sp³-hybridized carbons (Fsp3) is 0.818. The van der Waals surface area contributed by atoms with Crippen molar-refractivity contribution in [3.63, 3.8) is 0 Å². The number of aliphatic carboxylic acids is 1. The molecule has 17 heavy (non-hydrogen) atoms. The number of carbonyl (C=O) groups excluding carboxylic acids is 1. The smallest absolute Gasteiger partial charge is 0.308 e. The number of hydrogen-bond donors (Lipinski definition) is 2. The lowest BCUT2D eigenvalue weighted by atomic mass is 9.89. The van der Waals surface area contributed by atoms with Crippen LogP contribution in [0.4, 0.5) is 0 Å². The number of nitrogens with one attached hydrogen (secondary N) is 1. The van der Waals surface area contributed by atoms with Gasteiger partial charge in [-0.1, -0.05) is 0 Å². The van der Waals surface area contributed by atoms with Crippen LogP contribution in [0.2, 0.25) is 0 Å². The van der Waals surface area contributed by atoms with Crippen molar-refractivity contribution in [1.29, 1.82) is 0 Å². The molecular formula is C11H16N2O3S. The fourth-order valence-electron chi connectivity index (χ4n) is 3.33. The summed E-state index contributed by atoms with van der Waals surface area (Å²) in [6.07, 6.45) is 2.47. The number of hydrogen-bond acceptors (Lipinski definition) is 4. The number of carboxylic acids is 1. The number of rotatable bonds is 2. The first-order chi connectivity index (χ1) is 8.18. The number of carbonyl (C=O) groups is 2. The molecule has 0 aromatic heterocycles. The molecule has 3 heterocycles. The van der Waals surface area contributed by atoms with Crippen LogP contribution >= 0.6 is 11.8 Å². The maximum absolute atomic E-state index is 12.3. The molecule has 0 aliphatic carbocycles. The van der Waals surface area contributed by atoms with Gasteiger partial charge in [0.1, 0.15) is 0 Å². The standard InChI is InChI=1S/C11H16N2O3S/c14-10(8-4-17-5-12-8)13-6-1-2-9(13)7(3-6)11(15)16/h6-9,12H,1-5H2,(H,15,16). The summed E-state index contributed by atoms with van der Waals surface area (Å²) in [5.74, 6) is 0.663. The predicted molar refractivity (Wildman–Crippen MR) is 63.6 cm³/mol. The van der Waals surface area contributed by atoms with E-state index in [0.29, 0.717) is 6.42 Å². The molecular weight excluding hydrogens is 240 g/mol. The second kappa shape index (κ2) is 4.17. The number of amides is 1. The van der Waals surface area contributed by atoms with Crippen molar-refractivity contribution in [2.45, 2.75) is 37.4 Å². The van der Waals surface area contributed by atoms with Gasteiger partial charge in [0.15, 0.2) is 0 Å². The van der Waals surface area contributed by atoms with Crippen molar-refractivity contribution in [1.82, 2.24) is 10.2 Å². The number of nitrogens with zero attached hydrogens (tertiary/aromatic N) is 1. The Bertz CT molecular complexity index is 357. The Labute approximate surface area is 104 Å². The highest BCUT2D eigenvalue weighted by molar-refractivity contribution is 7.99. The molecule has 4 atom stereocenters. The molecule has 0 spiro atoms. The Hall–Kier alpha value is -0.750. The van der Waals surface area contributed by atoms with E-state index in [1.807, 2.05) is 4.90 Å². The Kier molecular flexibility index (Phi) is 2.78. The summed E-state index contributed by atoms with van der Waals surface area (Å²) in [6, 6.07) is 0.00837. The maximum Gasteiger partial charge on any atom is 0.308 e. The largest absolute Gasteiger partial charge is 0.481 e. The van der Waals surface area contributed by atoms with Crippen LogP contribution in [0.3, 0.4) is 0 Å². The molecule has 94 valence electrons. The highest BCUT2D eigenvalue weighted by atomic mass is 32.2. The van der Waals surface area contributed by atoms with E-state index in [0.717, 1.165) is 24.5 Å². The summed E-state index contributed by atoms with van der Waals surface area (Å²) >= 11 is 1.72. The summed E-state index contributed by atoms with van der Waals surface area (Å²) in [4.78, 5) is 25.3. The Morgan fingerprint density at radius 2 is 2.18 bits per heavy atom. The van der Waals surface area contributed by atoms with E-state index in [4.69, 9.17) is 5.11 Å². The van der Waals surface area contributed by atoms with E-state index >= 15 is 0 Å². The minimum Gasteiger partial charge on any atom is -0.481 e. The van der Waals surface area contributed by atoms with Crippen LogP contribution in [0.1, 0.15) is 19.3 Å². The molecule has 4 unspecified atom stereocenters. The fourth-order valence-corrected chi connectivity index (χ4v) is 4.26. The zero-order valence-electron chi connectivity index (χ0n) is 9.46. The summed E-state index contributed by atoms with van der Waals surface area (Å²) < 4.78 is 0. The van der Waals surface area contributed by atoms with Crippen LogP contribution < -0.4 is 5.32 Å². The average Bonchev–Trinajstić information content (AvgIpc) is 3.03. The van der Waals surface area contributed by atoms with Gasteiger partial charge in [-0.25, -0.2) is 0 Å². The van der Waals surface area contributed by atoms with Gasteiger partial charge in [0.25, 0.3) is 0 Å². The molecule has 2 bridgehead atoms. The molecule has 3 aliphatic heterocycles. The normalized spacial score (nSPS) is 39.9. The van der Waals surface area contributed by atoms with E-state index in [1.165, 1.54) is 0 Å². The number of thioether (sulfide) groups is 1. The van der Waals surface area contributed by atoms with Crippen molar-refractivity contribution in [3.8, 4) is 0 Å². The molecule has 5 nitrogen and oxygen atoms in total. The summed E-state index contributed by atoms with van der Waals surface area (Å²) in [5, 5.41) is 12.3. The van der Waals surface area contributed by atoms with Gasteiger partial charge in [-0.05, 0) is 19.3 Å². The predicted octanol–water partition coefficient (Wildman–Crippen LogP) is 0.113. The minimum atomic E-state index is -0.747. The second-order valence-electron chi connectivity index (χ2n) is 5.00. The van der Waals surface area contributed by atoms with Gasteiger partial charge in [-0.2, -0.15) is 0 Å².